The van der Waals surface area contributed by atoms with Crippen molar-refractivity contribution in [2.24, 2.45) is 0 Å². The van der Waals surface area contributed by atoms with Crippen molar-refractivity contribution in [2.45, 2.75) is 19.8 Å². The number of benzene rings is 1. The predicted octanol–water partition coefficient (Wildman–Crippen LogP) is 4.65. The van der Waals surface area contributed by atoms with Crippen molar-refractivity contribution in [1.82, 2.24) is 9.97 Å². The van der Waals surface area contributed by atoms with E-state index in [1.165, 1.54) is 41.6 Å². The fourth-order valence-electron chi connectivity index (χ4n) is 3.25. The van der Waals surface area contributed by atoms with Gasteiger partial charge >= 0.3 is 13.2 Å². The summed E-state index contributed by atoms with van der Waals surface area (Å²) in [5, 5.41) is 0. The fourth-order valence-corrected chi connectivity index (χ4v) is 3.25. The van der Waals surface area contributed by atoms with Gasteiger partial charge in [-0.1, -0.05) is 0 Å². The molecule has 0 saturated heterocycles. The Morgan fingerprint density at radius 2 is 1.71 bits per heavy atom. The number of ether oxygens (including phenoxy) is 2. The second-order valence-corrected chi connectivity index (χ2v) is 6.33. The molecular weight excluding hydrogens is 425 g/mol. The van der Waals surface area contributed by atoms with Crippen LogP contribution in [0.2, 0.25) is 0 Å². The summed E-state index contributed by atoms with van der Waals surface area (Å²) >= 11 is 0. The number of carbonyl (C=O) groups is 1. The Kier molecular flexibility index (Phi) is 5.40. The SMILES string of the molecule is O=C1c2ccnc(-c3ccc(F)cc3OC(F)F)c2CN1c1ccc(OC(F)F)nc1. The summed E-state index contributed by atoms with van der Waals surface area (Å²) in [5.41, 5.74) is 1.23. The number of nitrogens with zero attached hydrogens (tertiary/aromatic N) is 3. The molecule has 3 aromatic rings. The van der Waals surface area contributed by atoms with E-state index in [4.69, 9.17) is 0 Å². The van der Waals surface area contributed by atoms with E-state index in [9.17, 15) is 26.7 Å². The number of anilines is 1. The molecule has 1 aromatic carbocycles. The van der Waals surface area contributed by atoms with Gasteiger partial charge in [0.25, 0.3) is 5.91 Å². The lowest BCUT2D eigenvalue weighted by Gasteiger charge is -2.16. The van der Waals surface area contributed by atoms with E-state index in [2.05, 4.69) is 19.4 Å². The molecule has 0 bridgehead atoms. The van der Waals surface area contributed by atoms with E-state index in [1.54, 1.807) is 0 Å². The Morgan fingerprint density at radius 1 is 0.935 bits per heavy atom. The van der Waals surface area contributed by atoms with E-state index in [0.717, 1.165) is 12.1 Å². The summed E-state index contributed by atoms with van der Waals surface area (Å²) in [6.45, 7) is -6.22. The van der Waals surface area contributed by atoms with Gasteiger partial charge in [-0.2, -0.15) is 17.6 Å². The van der Waals surface area contributed by atoms with Crippen LogP contribution in [0, 0.1) is 5.82 Å². The van der Waals surface area contributed by atoms with Gasteiger partial charge in [-0.05, 0) is 24.3 Å². The standard InChI is InChI=1S/C20H12F5N3O3/c21-10-1-3-13(15(7-10)30-19(22)23)17-14-9-28(18(29)12(14)5-6-26-17)11-2-4-16(27-8-11)31-20(24)25/h1-8,19-20H,9H2. The third-order valence-corrected chi connectivity index (χ3v) is 4.50. The number of alkyl halides is 4. The fraction of sp³-hybridized carbons (Fsp3) is 0.150. The molecule has 0 aliphatic carbocycles. The van der Waals surface area contributed by atoms with Crippen LogP contribution < -0.4 is 14.4 Å². The highest BCUT2D eigenvalue weighted by Crippen LogP contribution is 2.38. The molecule has 2 aromatic heterocycles. The van der Waals surface area contributed by atoms with Crippen LogP contribution >= 0.6 is 0 Å². The van der Waals surface area contributed by atoms with Crippen LogP contribution in [0.1, 0.15) is 15.9 Å². The van der Waals surface area contributed by atoms with Crippen LogP contribution in [-0.4, -0.2) is 29.1 Å². The molecule has 11 heteroatoms. The zero-order valence-electron chi connectivity index (χ0n) is 15.4. The Hall–Kier alpha value is -3.76. The molecular formula is C20H12F5N3O3. The molecule has 31 heavy (non-hydrogen) atoms. The van der Waals surface area contributed by atoms with Gasteiger partial charge in [-0.15, -0.1) is 0 Å². The molecule has 1 amide bonds. The third kappa shape index (κ3) is 4.11. The quantitative estimate of drug-likeness (QED) is 0.526. The Balaban J connectivity index is 1.70. The van der Waals surface area contributed by atoms with Crippen LogP contribution in [0.4, 0.5) is 27.6 Å². The number of hydrogen-bond donors (Lipinski definition) is 0. The second kappa shape index (κ2) is 8.17. The molecule has 0 N–H and O–H groups in total. The van der Waals surface area contributed by atoms with Gasteiger partial charge < -0.3 is 14.4 Å². The summed E-state index contributed by atoms with van der Waals surface area (Å²) in [6.07, 6.45) is 2.51. The first-order valence-electron chi connectivity index (χ1n) is 8.79. The molecule has 0 spiro atoms. The Labute approximate surface area is 171 Å². The number of halogens is 5. The van der Waals surface area contributed by atoms with Crippen molar-refractivity contribution < 1.29 is 36.2 Å². The minimum absolute atomic E-state index is 0.000431. The average molecular weight is 437 g/mol. The Morgan fingerprint density at radius 3 is 2.39 bits per heavy atom. The van der Waals surface area contributed by atoms with Crippen molar-refractivity contribution >= 4 is 11.6 Å². The molecule has 0 saturated carbocycles. The lowest BCUT2D eigenvalue weighted by atomic mass is 10.0. The van der Waals surface area contributed by atoms with E-state index in [0.29, 0.717) is 11.3 Å². The lowest BCUT2D eigenvalue weighted by molar-refractivity contribution is -0.0529. The first-order chi connectivity index (χ1) is 14.8. The van der Waals surface area contributed by atoms with Crippen molar-refractivity contribution in [3.8, 4) is 22.9 Å². The minimum atomic E-state index is -3.18. The normalized spacial score (nSPS) is 13.1. The van der Waals surface area contributed by atoms with Crippen molar-refractivity contribution in [2.75, 3.05) is 4.90 Å². The summed E-state index contributed by atoms with van der Waals surface area (Å²) < 4.78 is 72.3. The molecule has 1 aliphatic heterocycles. The number of rotatable bonds is 6. The summed E-state index contributed by atoms with van der Waals surface area (Å²) in [4.78, 5) is 22.1. The van der Waals surface area contributed by atoms with Gasteiger partial charge in [0.05, 0.1) is 24.1 Å². The third-order valence-electron chi connectivity index (χ3n) is 4.50. The number of carbonyl (C=O) groups excluding carboxylic acids is 1. The van der Waals surface area contributed by atoms with Gasteiger partial charge in [-0.3, -0.25) is 9.78 Å². The van der Waals surface area contributed by atoms with E-state index in [-0.39, 0.29) is 29.2 Å². The summed E-state index contributed by atoms with van der Waals surface area (Å²) in [5.74, 6) is -1.94. The van der Waals surface area contributed by atoms with Crippen LogP contribution in [0.3, 0.4) is 0 Å². The number of aromatic nitrogens is 2. The number of hydrogen-bond acceptors (Lipinski definition) is 5. The van der Waals surface area contributed by atoms with Gasteiger partial charge in [-0.25, -0.2) is 9.37 Å². The molecule has 0 unspecified atom stereocenters. The first kappa shape index (κ1) is 20.5. The van der Waals surface area contributed by atoms with Crippen LogP contribution in [0.5, 0.6) is 11.6 Å². The smallest absolute Gasteiger partial charge is 0.388 e. The van der Waals surface area contributed by atoms with Gasteiger partial charge in [0.2, 0.25) is 5.88 Å². The van der Waals surface area contributed by atoms with Gasteiger partial charge in [0.1, 0.15) is 11.6 Å². The largest absolute Gasteiger partial charge is 0.434 e. The Bertz CT molecular complexity index is 1130. The number of amides is 1. The summed E-state index contributed by atoms with van der Waals surface area (Å²) in [6, 6.07) is 7.13. The molecule has 4 rings (SSSR count). The molecule has 6 nitrogen and oxygen atoms in total. The monoisotopic (exact) mass is 437 g/mol. The maximum atomic E-state index is 13.6. The second-order valence-electron chi connectivity index (χ2n) is 6.33. The first-order valence-corrected chi connectivity index (χ1v) is 8.79. The number of pyridine rings is 2. The lowest BCUT2D eigenvalue weighted by Crippen LogP contribution is -2.23. The van der Waals surface area contributed by atoms with Crippen LogP contribution in [-0.2, 0) is 6.54 Å². The molecule has 0 atom stereocenters. The maximum Gasteiger partial charge on any atom is 0.388 e. The molecule has 1 aliphatic rings. The highest BCUT2D eigenvalue weighted by Gasteiger charge is 2.32. The predicted molar refractivity (Wildman–Crippen MR) is 97.6 cm³/mol. The van der Waals surface area contributed by atoms with Gasteiger partial charge in [0.15, 0.2) is 0 Å². The molecule has 160 valence electrons. The zero-order valence-corrected chi connectivity index (χ0v) is 15.4. The van der Waals surface area contributed by atoms with Crippen LogP contribution in [0.15, 0.2) is 48.8 Å². The van der Waals surface area contributed by atoms with Crippen molar-refractivity contribution in [3.05, 3.63) is 65.7 Å². The molecule has 0 radical (unpaired) electrons. The minimum Gasteiger partial charge on any atom is -0.434 e. The highest BCUT2D eigenvalue weighted by atomic mass is 19.3. The number of fused-ring (bicyclic) bond motifs is 1. The maximum absolute atomic E-state index is 13.6. The highest BCUT2D eigenvalue weighted by molar-refractivity contribution is 6.11. The topological polar surface area (TPSA) is 64.5 Å². The van der Waals surface area contributed by atoms with Crippen molar-refractivity contribution in [3.63, 3.8) is 0 Å². The van der Waals surface area contributed by atoms with E-state index in [1.807, 2.05) is 0 Å². The van der Waals surface area contributed by atoms with E-state index < -0.39 is 30.7 Å². The zero-order chi connectivity index (χ0) is 22.1. The summed E-state index contributed by atoms with van der Waals surface area (Å²) in [7, 11) is 0. The van der Waals surface area contributed by atoms with Crippen molar-refractivity contribution in [1.29, 1.82) is 0 Å². The van der Waals surface area contributed by atoms with E-state index >= 15 is 0 Å². The van der Waals surface area contributed by atoms with Crippen LogP contribution in [0.25, 0.3) is 11.3 Å². The molecule has 3 heterocycles. The average Bonchev–Trinajstić information content (AvgIpc) is 3.05. The van der Waals surface area contributed by atoms with Gasteiger partial charge in [0, 0.05) is 35.0 Å². The molecule has 0 fully saturated rings.